The molecule has 2 atom stereocenters. The van der Waals surface area contributed by atoms with E-state index in [1.54, 1.807) is 0 Å². The second kappa shape index (κ2) is 15.0. The van der Waals surface area contributed by atoms with Gasteiger partial charge in [-0.15, -0.1) is 11.8 Å². The van der Waals surface area contributed by atoms with Crippen molar-refractivity contribution in [2.45, 2.75) is 90.2 Å². The lowest BCUT2D eigenvalue weighted by atomic mass is 10.1. The van der Waals surface area contributed by atoms with E-state index in [1.165, 1.54) is 43.9 Å². The predicted molar refractivity (Wildman–Crippen MR) is 99.7 cm³/mol. The Hall–Kier alpha value is -0.520. The lowest BCUT2D eigenvalue weighted by molar-refractivity contribution is -0.137. The van der Waals surface area contributed by atoms with E-state index in [0.29, 0.717) is 5.75 Å². The zero-order valence-corrected chi connectivity index (χ0v) is 15.6. The fraction of sp³-hybridized carbons (Fsp3) is 0.833. The van der Waals surface area contributed by atoms with Gasteiger partial charge in [0, 0.05) is 10.7 Å². The lowest BCUT2D eigenvalue weighted by Gasteiger charge is -2.16. The van der Waals surface area contributed by atoms with Crippen molar-refractivity contribution in [1.82, 2.24) is 0 Å². The highest BCUT2D eigenvalue weighted by Crippen LogP contribution is 2.25. The van der Waals surface area contributed by atoms with Crippen molar-refractivity contribution in [1.29, 1.82) is 0 Å². The van der Waals surface area contributed by atoms with Gasteiger partial charge in [0.05, 0.1) is 6.10 Å². The molecule has 136 valence electrons. The van der Waals surface area contributed by atoms with Crippen LogP contribution in [0.1, 0.15) is 78.1 Å². The number of rotatable bonds is 15. The summed E-state index contributed by atoms with van der Waals surface area (Å²) in [5.41, 5.74) is 5.56. The molecule has 0 bridgehead atoms. The molecule has 0 amide bonds. The Morgan fingerprint density at radius 1 is 1.09 bits per heavy atom. The van der Waals surface area contributed by atoms with Crippen LogP contribution >= 0.6 is 11.8 Å². The molecule has 0 aliphatic rings. The minimum Gasteiger partial charge on any atom is -0.480 e. The van der Waals surface area contributed by atoms with Gasteiger partial charge < -0.3 is 15.9 Å². The van der Waals surface area contributed by atoms with Gasteiger partial charge in [-0.1, -0.05) is 64.9 Å². The number of aliphatic hydroxyl groups is 1. The molecule has 0 saturated heterocycles. The normalized spacial score (nSPS) is 14.7. The Labute approximate surface area is 145 Å². The van der Waals surface area contributed by atoms with Crippen molar-refractivity contribution in [3.63, 3.8) is 0 Å². The quantitative estimate of drug-likeness (QED) is 0.385. The Kier molecular flexibility index (Phi) is 14.7. The number of carboxylic acids is 1. The maximum absolute atomic E-state index is 10.8. The van der Waals surface area contributed by atoms with Crippen molar-refractivity contribution in [2.24, 2.45) is 5.73 Å². The van der Waals surface area contributed by atoms with Gasteiger partial charge in [-0.3, -0.25) is 4.79 Å². The monoisotopic (exact) mass is 345 g/mol. The van der Waals surface area contributed by atoms with Crippen molar-refractivity contribution < 1.29 is 15.0 Å². The third-order valence-electron chi connectivity index (χ3n) is 3.81. The van der Waals surface area contributed by atoms with Gasteiger partial charge in [0.15, 0.2) is 0 Å². The van der Waals surface area contributed by atoms with Crippen LogP contribution in [0.25, 0.3) is 0 Å². The standard InChI is InChI=1S/C18H35NO3S/c1-3-5-7-8-9-10-11-13-17(16(20)12-6-4-2)23-14-15(19)18(21)22/h13,15-16,20H,3-12,14,19H2,1-2H3,(H,21,22)/t15-,16-/m1/s1. The highest BCUT2D eigenvalue weighted by molar-refractivity contribution is 8.03. The van der Waals surface area contributed by atoms with E-state index in [0.717, 1.165) is 37.0 Å². The number of nitrogens with two attached hydrogens (primary N) is 1. The van der Waals surface area contributed by atoms with Gasteiger partial charge in [0.25, 0.3) is 0 Å². The number of aliphatic carboxylic acids is 1. The molecular weight excluding hydrogens is 310 g/mol. The summed E-state index contributed by atoms with van der Waals surface area (Å²) in [6.45, 7) is 4.31. The molecular formula is C18H35NO3S. The Balaban J connectivity index is 4.28. The minimum absolute atomic E-state index is 0.306. The zero-order valence-electron chi connectivity index (χ0n) is 14.8. The minimum atomic E-state index is -0.990. The SMILES string of the molecule is CCCCCCCCC=C(SC[C@@H](N)C(=O)O)[C@H](O)CCCC. The number of aliphatic hydroxyl groups excluding tert-OH is 1. The molecule has 0 saturated carbocycles. The smallest absolute Gasteiger partial charge is 0.321 e. The van der Waals surface area contributed by atoms with Gasteiger partial charge in [-0.05, 0) is 19.3 Å². The molecule has 0 aliphatic carbocycles. The Morgan fingerprint density at radius 3 is 2.30 bits per heavy atom. The second-order valence-corrected chi connectivity index (χ2v) is 7.17. The van der Waals surface area contributed by atoms with Crippen LogP contribution in [-0.2, 0) is 4.79 Å². The van der Waals surface area contributed by atoms with Crippen molar-refractivity contribution >= 4 is 17.7 Å². The third-order valence-corrected chi connectivity index (χ3v) is 5.11. The average molecular weight is 346 g/mol. The van der Waals surface area contributed by atoms with E-state index in [9.17, 15) is 9.90 Å². The van der Waals surface area contributed by atoms with E-state index in [2.05, 4.69) is 19.9 Å². The molecule has 0 spiro atoms. The molecule has 0 unspecified atom stereocenters. The fourth-order valence-electron chi connectivity index (χ4n) is 2.26. The first-order valence-electron chi connectivity index (χ1n) is 9.02. The summed E-state index contributed by atoms with van der Waals surface area (Å²) in [6.07, 6.45) is 12.8. The molecule has 4 N–H and O–H groups in total. The summed E-state index contributed by atoms with van der Waals surface area (Å²) in [7, 11) is 0. The maximum atomic E-state index is 10.8. The number of carbonyl (C=O) groups is 1. The number of allylic oxidation sites excluding steroid dienone is 1. The summed E-state index contributed by atoms with van der Waals surface area (Å²) in [5.74, 6) is -0.684. The first-order chi connectivity index (χ1) is 11.0. The zero-order chi connectivity index (χ0) is 17.5. The van der Waals surface area contributed by atoms with Crippen LogP contribution in [0.15, 0.2) is 11.0 Å². The van der Waals surface area contributed by atoms with E-state index in [1.807, 2.05) is 0 Å². The maximum Gasteiger partial charge on any atom is 0.321 e. The molecule has 23 heavy (non-hydrogen) atoms. The number of thioether (sulfide) groups is 1. The highest BCUT2D eigenvalue weighted by atomic mass is 32.2. The Morgan fingerprint density at radius 2 is 1.70 bits per heavy atom. The van der Waals surface area contributed by atoms with Gasteiger partial charge >= 0.3 is 5.97 Å². The summed E-state index contributed by atoms with van der Waals surface area (Å²) in [5, 5.41) is 19.2. The van der Waals surface area contributed by atoms with Crippen LogP contribution in [0.3, 0.4) is 0 Å². The summed E-state index contributed by atoms with van der Waals surface area (Å²) >= 11 is 1.39. The number of hydrogen-bond donors (Lipinski definition) is 3. The second-order valence-electron chi connectivity index (χ2n) is 6.08. The summed E-state index contributed by atoms with van der Waals surface area (Å²) < 4.78 is 0. The largest absolute Gasteiger partial charge is 0.480 e. The molecule has 0 aromatic carbocycles. The predicted octanol–water partition coefficient (Wildman–Crippen LogP) is 4.32. The lowest BCUT2D eigenvalue weighted by Crippen LogP contribution is -2.32. The molecule has 5 heteroatoms. The molecule has 0 radical (unpaired) electrons. The van der Waals surface area contributed by atoms with Crippen LogP contribution in [0.4, 0.5) is 0 Å². The first kappa shape index (κ1) is 22.5. The van der Waals surface area contributed by atoms with Crippen LogP contribution < -0.4 is 5.73 Å². The van der Waals surface area contributed by atoms with Gasteiger partial charge in [0.2, 0.25) is 0 Å². The van der Waals surface area contributed by atoms with Crippen molar-refractivity contribution in [2.75, 3.05) is 5.75 Å². The van der Waals surface area contributed by atoms with Gasteiger partial charge in [-0.25, -0.2) is 0 Å². The molecule has 0 aromatic heterocycles. The molecule has 0 aliphatic heterocycles. The van der Waals surface area contributed by atoms with Crippen LogP contribution in [-0.4, -0.2) is 34.1 Å². The molecule has 0 rings (SSSR count). The van der Waals surface area contributed by atoms with Gasteiger partial charge in [0.1, 0.15) is 6.04 Å². The van der Waals surface area contributed by atoms with E-state index < -0.39 is 18.1 Å². The third kappa shape index (κ3) is 12.6. The average Bonchev–Trinajstić information content (AvgIpc) is 2.53. The van der Waals surface area contributed by atoms with Gasteiger partial charge in [-0.2, -0.15) is 0 Å². The van der Waals surface area contributed by atoms with Crippen molar-refractivity contribution in [3.05, 3.63) is 11.0 Å². The number of carboxylic acid groups (broad SMARTS) is 1. The Bertz CT molecular complexity index is 334. The fourth-order valence-corrected chi connectivity index (χ4v) is 3.32. The highest BCUT2D eigenvalue weighted by Gasteiger charge is 2.16. The van der Waals surface area contributed by atoms with Crippen LogP contribution in [0.2, 0.25) is 0 Å². The molecule has 0 heterocycles. The number of hydrogen-bond acceptors (Lipinski definition) is 4. The van der Waals surface area contributed by atoms with Crippen LogP contribution in [0.5, 0.6) is 0 Å². The van der Waals surface area contributed by atoms with Crippen molar-refractivity contribution in [3.8, 4) is 0 Å². The molecule has 0 fully saturated rings. The van der Waals surface area contributed by atoms with E-state index in [4.69, 9.17) is 10.8 Å². The van der Waals surface area contributed by atoms with E-state index in [-0.39, 0.29) is 0 Å². The van der Waals surface area contributed by atoms with Crippen LogP contribution in [0, 0.1) is 0 Å². The summed E-state index contributed by atoms with van der Waals surface area (Å²) in [4.78, 5) is 11.7. The summed E-state index contributed by atoms with van der Waals surface area (Å²) in [6, 6.07) is -0.879. The number of unbranched alkanes of at least 4 members (excludes halogenated alkanes) is 7. The molecule has 0 aromatic rings. The molecule has 4 nitrogen and oxygen atoms in total. The topological polar surface area (TPSA) is 83.6 Å². The van der Waals surface area contributed by atoms with E-state index >= 15 is 0 Å². The first-order valence-corrected chi connectivity index (χ1v) is 10.0.